The van der Waals surface area contributed by atoms with Gasteiger partial charge in [-0.25, -0.2) is 0 Å². The summed E-state index contributed by atoms with van der Waals surface area (Å²) in [7, 11) is 2.15. The van der Waals surface area contributed by atoms with Crippen LogP contribution in [-0.4, -0.2) is 36.3 Å². The predicted molar refractivity (Wildman–Crippen MR) is 71.1 cm³/mol. The van der Waals surface area contributed by atoms with Gasteiger partial charge >= 0.3 is 0 Å². The maximum atomic E-state index is 9.45. The van der Waals surface area contributed by atoms with Crippen LogP contribution in [0.15, 0.2) is 22.7 Å². The summed E-state index contributed by atoms with van der Waals surface area (Å²) in [5.74, 6) is 0.294. The third-order valence-electron chi connectivity index (χ3n) is 3.26. The first-order chi connectivity index (χ1) is 8.16. The van der Waals surface area contributed by atoms with Crippen LogP contribution < -0.4 is 0 Å². The summed E-state index contributed by atoms with van der Waals surface area (Å²) in [5.41, 5.74) is 1.21. The van der Waals surface area contributed by atoms with Crippen molar-refractivity contribution in [3.8, 4) is 5.75 Å². The minimum Gasteiger partial charge on any atom is -0.507 e. The van der Waals surface area contributed by atoms with Crippen molar-refractivity contribution in [1.29, 1.82) is 0 Å². The Morgan fingerprint density at radius 2 is 2.12 bits per heavy atom. The molecule has 0 aliphatic carbocycles. The second kappa shape index (κ2) is 5.85. The predicted octanol–water partition coefficient (Wildman–Crippen LogP) is 2.77. The van der Waals surface area contributed by atoms with Crippen LogP contribution >= 0.6 is 15.9 Å². The lowest BCUT2D eigenvalue weighted by Crippen LogP contribution is -2.36. The molecular formula is C13H18BrNO2. The molecule has 17 heavy (non-hydrogen) atoms. The molecule has 0 spiro atoms. The van der Waals surface area contributed by atoms with Crippen LogP contribution in [0, 0.1) is 0 Å². The molecule has 1 N–H and O–H groups in total. The van der Waals surface area contributed by atoms with Gasteiger partial charge in [0.15, 0.2) is 0 Å². The Morgan fingerprint density at radius 3 is 2.76 bits per heavy atom. The highest BCUT2D eigenvalue weighted by atomic mass is 79.9. The molecule has 1 saturated heterocycles. The van der Waals surface area contributed by atoms with Gasteiger partial charge in [-0.05, 0) is 53.5 Å². The molecule has 0 atom stereocenters. The summed E-state index contributed by atoms with van der Waals surface area (Å²) in [5, 5.41) is 9.45. The molecule has 1 aliphatic rings. The molecule has 3 nitrogen and oxygen atoms in total. The van der Waals surface area contributed by atoms with E-state index in [1.54, 1.807) is 6.07 Å². The quantitative estimate of drug-likeness (QED) is 0.931. The summed E-state index contributed by atoms with van der Waals surface area (Å²) in [6.07, 6.45) is 2.21. The van der Waals surface area contributed by atoms with E-state index in [0.717, 1.165) is 37.1 Å². The number of hydrogen-bond donors (Lipinski definition) is 1. The fourth-order valence-electron chi connectivity index (χ4n) is 2.19. The standard InChI is InChI=1S/C13H18BrNO2/c1-15(11-4-6-17-7-5-11)9-10-2-3-13(16)12(14)8-10/h2-3,8,11,16H,4-7,9H2,1H3. The van der Waals surface area contributed by atoms with E-state index < -0.39 is 0 Å². The summed E-state index contributed by atoms with van der Waals surface area (Å²) in [6.45, 7) is 2.64. The van der Waals surface area contributed by atoms with Crippen molar-refractivity contribution in [2.45, 2.75) is 25.4 Å². The molecule has 1 fully saturated rings. The van der Waals surface area contributed by atoms with E-state index in [4.69, 9.17) is 4.74 Å². The third-order valence-corrected chi connectivity index (χ3v) is 3.89. The molecule has 0 saturated carbocycles. The molecule has 0 amide bonds. The molecule has 0 aromatic heterocycles. The minimum atomic E-state index is 0.294. The summed E-state index contributed by atoms with van der Waals surface area (Å²) >= 11 is 3.34. The Labute approximate surface area is 111 Å². The van der Waals surface area contributed by atoms with Crippen LogP contribution in [0.25, 0.3) is 0 Å². The second-order valence-electron chi connectivity index (χ2n) is 4.54. The molecule has 0 bridgehead atoms. The molecule has 4 heteroatoms. The molecular weight excluding hydrogens is 282 g/mol. The number of aromatic hydroxyl groups is 1. The van der Waals surface area contributed by atoms with Gasteiger partial charge in [0.2, 0.25) is 0 Å². The number of phenols is 1. The zero-order valence-corrected chi connectivity index (χ0v) is 11.6. The number of phenolic OH excluding ortho intramolecular Hbond substituents is 1. The SMILES string of the molecule is CN(Cc1ccc(O)c(Br)c1)C1CCOCC1. The van der Waals surface area contributed by atoms with Gasteiger partial charge in [0.1, 0.15) is 5.75 Å². The average molecular weight is 300 g/mol. The van der Waals surface area contributed by atoms with Gasteiger partial charge in [-0.1, -0.05) is 6.07 Å². The molecule has 1 heterocycles. The number of rotatable bonds is 3. The van der Waals surface area contributed by atoms with E-state index in [1.807, 2.05) is 12.1 Å². The Kier molecular flexibility index (Phi) is 4.42. The lowest BCUT2D eigenvalue weighted by Gasteiger charge is -2.31. The Balaban J connectivity index is 1.96. The van der Waals surface area contributed by atoms with Gasteiger partial charge in [-0.3, -0.25) is 4.90 Å². The number of benzene rings is 1. The van der Waals surface area contributed by atoms with E-state index in [-0.39, 0.29) is 0 Å². The van der Waals surface area contributed by atoms with E-state index in [9.17, 15) is 5.11 Å². The van der Waals surface area contributed by atoms with Crippen molar-refractivity contribution in [3.63, 3.8) is 0 Å². The van der Waals surface area contributed by atoms with Crippen molar-refractivity contribution in [2.24, 2.45) is 0 Å². The van der Waals surface area contributed by atoms with Crippen molar-refractivity contribution in [2.75, 3.05) is 20.3 Å². The van der Waals surface area contributed by atoms with Crippen LogP contribution in [0.3, 0.4) is 0 Å². The van der Waals surface area contributed by atoms with E-state index >= 15 is 0 Å². The van der Waals surface area contributed by atoms with Crippen LogP contribution in [0.2, 0.25) is 0 Å². The monoisotopic (exact) mass is 299 g/mol. The highest BCUT2D eigenvalue weighted by Crippen LogP contribution is 2.25. The zero-order valence-electron chi connectivity index (χ0n) is 10.0. The fourth-order valence-corrected chi connectivity index (χ4v) is 2.62. The Bertz CT molecular complexity index is 378. The van der Waals surface area contributed by atoms with Gasteiger partial charge in [-0.2, -0.15) is 0 Å². The number of ether oxygens (including phenoxy) is 1. The van der Waals surface area contributed by atoms with Gasteiger partial charge in [0, 0.05) is 25.8 Å². The van der Waals surface area contributed by atoms with Crippen molar-refractivity contribution in [1.82, 2.24) is 4.90 Å². The molecule has 0 radical (unpaired) electrons. The van der Waals surface area contributed by atoms with Gasteiger partial charge in [0.05, 0.1) is 4.47 Å². The van der Waals surface area contributed by atoms with Crippen LogP contribution in [-0.2, 0) is 11.3 Å². The number of hydrogen-bond acceptors (Lipinski definition) is 3. The van der Waals surface area contributed by atoms with Crippen LogP contribution in [0.4, 0.5) is 0 Å². The van der Waals surface area contributed by atoms with Gasteiger partial charge < -0.3 is 9.84 Å². The summed E-state index contributed by atoms with van der Waals surface area (Å²) in [4.78, 5) is 2.36. The minimum absolute atomic E-state index is 0.294. The Hall–Kier alpha value is -0.580. The lowest BCUT2D eigenvalue weighted by atomic mass is 10.1. The fraction of sp³-hybridized carbons (Fsp3) is 0.538. The highest BCUT2D eigenvalue weighted by Gasteiger charge is 2.18. The third kappa shape index (κ3) is 3.44. The average Bonchev–Trinajstić information content (AvgIpc) is 2.35. The largest absolute Gasteiger partial charge is 0.507 e. The van der Waals surface area contributed by atoms with Crippen molar-refractivity contribution >= 4 is 15.9 Å². The molecule has 1 aromatic rings. The van der Waals surface area contributed by atoms with Gasteiger partial charge in [-0.15, -0.1) is 0 Å². The molecule has 1 aromatic carbocycles. The number of halogens is 1. The van der Waals surface area contributed by atoms with E-state index in [2.05, 4.69) is 27.9 Å². The zero-order chi connectivity index (χ0) is 12.3. The van der Waals surface area contributed by atoms with Crippen molar-refractivity contribution < 1.29 is 9.84 Å². The molecule has 1 aliphatic heterocycles. The summed E-state index contributed by atoms with van der Waals surface area (Å²) in [6, 6.07) is 6.29. The summed E-state index contributed by atoms with van der Waals surface area (Å²) < 4.78 is 6.13. The van der Waals surface area contributed by atoms with Crippen LogP contribution in [0.1, 0.15) is 18.4 Å². The van der Waals surface area contributed by atoms with Crippen molar-refractivity contribution in [3.05, 3.63) is 28.2 Å². The maximum Gasteiger partial charge on any atom is 0.129 e. The molecule has 94 valence electrons. The van der Waals surface area contributed by atoms with Crippen LogP contribution in [0.5, 0.6) is 5.75 Å². The maximum absolute atomic E-state index is 9.45. The normalized spacial score (nSPS) is 17.6. The first-order valence-electron chi connectivity index (χ1n) is 5.92. The van der Waals surface area contributed by atoms with E-state index in [1.165, 1.54) is 5.56 Å². The smallest absolute Gasteiger partial charge is 0.129 e. The number of nitrogens with zero attached hydrogens (tertiary/aromatic N) is 1. The Morgan fingerprint density at radius 1 is 1.41 bits per heavy atom. The first-order valence-corrected chi connectivity index (χ1v) is 6.71. The topological polar surface area (TPSA) is 32.7 Å². The lowest BCUT2D eigenvalue weighted by molar-refractivity contribution is 0.0407. The molecule has 0 unspecified atom stereocenters. The molecule has 2 rings (SSSR count). The first kappa shape index (κ1) is 12.9. The van der Waals surface area contributed by atoms with E-state index in [0.29, 0.717) is 11.8 Å². The highest BCUT2D eigenvalue weighted by molar-refractivity contribution is 9.10. The van der Waals surface area contributed by atoms with Gasteiger partial charge in [0.25, 0.3) is 0 Å². The second-order valence-corrected chi connectivity index (χ2v) is 5.40.